The van der Waals surface area contributed by atoms with Gasteiger partial charge in [0.2, 0.25) is 0 Å². The topological polar surface area (TPSA) is 41.0 Å². The summed E-state index contributed by atoms with van der Waals surface area (Å²) in [6.07, 6.45) is 4.84. The lowest BCUT2D eigenvalue weighted by Gasteiger charge is -2.04. The van der Waals surface area contributed by atoms with Gasteiger partial charge in [0.05, 0.1) is 6.04 Å². The lowest BCUT2D eigenvalue weighted by molar-refractivity contribution is 0.763. The Morgan fingerprint density at radius 1 is 1.14 bits per heavy atom. The van der Waals surface area contributed by atoms with Crippen LogP contribution in [-0.2, 0) is 6.42 Å². The van der Waals surface area contributed by atoms with Gasteiger partial charge < -0.3 is 4.98 Å². The molecule has 21 heavy (non-hydrogen) atoms. The van der Waals surface area contributed by atoms with E-state index in [1.54, 1.807) is 0 Å². The first-order valence-corrected chi connectivity index (χ1v) is 8.06. The molecule has 0 bridgehead atoms. The van der Waals surface area contributed by atoms with Crippen LogP contribution in [0.2, 0.25) is 0 Å². The van der Waals surface area contributed by atoms with Crippen molar-refractivity contribution < 1.29 is 0 Å². The number of aliphatic imine (C=N–C) groups is 1. The SMILES string of the molecule is c1ccc(CC2CSC(c3c[nH]c4ncccc34)=N2)cc1. The molecule has 2 aromatic heterocycles. The number of nitrogens with zero attached hydrogens (tertiary/aromatic N) is 2. The van der Waals surface area contributed by atoms with Crippen molar-refractivity contribution in [2.45, 2.75) is 12.5 Å². The zero-order valence-corrected chi connectivity index (χ0v) is 12.3. The summed E-state index contributed by atoms with van der Waals surface area (Å²) in [5, 5.41) is 2.29. The average molecular weight is 293 g/mol. The Labute approximate surface area is 127 Å². The highest BCUT2D eigenvalue weighted by molar-refractivity contribution is 8.14. The standard InChI is InChI=1S/C17H15N3S/c1-2-5-12(6-3-1)9-13-11-21-17(20-13)15-10-19-16-14(15)7-4-8-18-16/h1-8,10,13H,9,11H2,(H,18,19). The molecule has 1 atom stereocenters. The van der Waals surface area contributed by atoms with Gasteiger partial charge in [-0.3, -0.25) is 4.99 Å². The summed E-state index contributed by atoms with van der Waals surface area (Å²) in [6, 6.07) is 15.0. The number of hydrogen-bond acceptors (Lipinski definition) is 3. The van der Waals surface area contributed by atoms with Crippen molar-refractivity contribution >= 4 is 27.8 Å². The predicted molar refractivity (Wildman–Crippen MR) is 89.0 cm³/mol. The lowest BCUT2D eigenvalue weighted by atomic mass is 10.1. The van der Waals surface area contributed by atoms with Crippen molar-refractivity contribution in [1.29, 1.82) is 0 Å². The van der Waals surface area contributed by atoms with E-state index >= 15 is 0 Å². The van der Waals surface area contributed by atoms with Crippen LogP contribution in [0.5, 0.6) is 0 Å². The highest BCUT2D eigenvalue weighted by Crippen LogP contribution is 2.29. The van der Waals surface area contributed by atoms with Crippen molar-refractivity contribution in [3.63, 3.8) is 0 Å². The van der Waals surface area contributed by atoms with Crippen LogP contribution in [0.1, 0.15) is 11.1 Å². The monoisotopic (exact) mass is 293 g/mol. The van der Waals surface area contributed by atoms with Crippen LogP contribution >= 0.6 is 11.8 Å². The smallest absolute Gasteiger partial charge is 0.137 e. The number of rotatable bonds is 3. The zero-order chi connectivity index (χ0) is 14.1. The molecule has 3 heterocycles. The Morgan fingerprint density at radius 3 is 2.95 bits per heavy atom. The largest absolute Gasteiger partial charge is 0.345 e. The maximum atomic E-state index is 4.91. The quantitative estimate of drug-likeness (QED) is 0.800. The molecule has 1 unspecified atom stereocenters. The van der Waals surface area contributed by atoms with Gasteiger partial charge in [-0.25, -0.2) is 4.98 Å². The highest BCUT2D eigenvalue weighted by Gasteiger charge is 2.21. The van der Waals surface area contributed by atoms with Gasteiger partial charge in [0.25, 0.3) is 0 Å². The van der Waals surface area contributed by atoms with Gasteiger partial charge in [-0.15, -0.1) is 11.8 Å². The van der Waals surface area contributed by atoms with Gasteiger partial charge in [0, 0.05) is 29.1 Å². The summed E-state index contributed by atoms with van der Waals surface area (Å²) in [6.45, 7) is 0. The first-order valence-electron chi connectivity index (χ1n) is 7.07. The lowest BCUT2D eigenvalue weighted by Crippen LogP contribution is -2.07. The Bertz CT molecular complexity index is 792. The summed E-state index contributed by atoms with van der Waals surface area (Å²) in [4.78, 5) is 12.5. The maximum Gasteiger partial charge on any atom is 0.137 e. The van der Waals surface area contributed by atoms with E-state index in [1.807, 2.05) is 30.2 Å². The van der Waals surface area contributed by atoms with E-state index in [0.29, 0.717) is 6.04 Å². The second-order valence-corrected chi connectivity index (χ2v) is 6.20. The molecule has 0 saturated heterocycles. The molecule has 4 heteroatoms. The van der Waals surface area contributed by atoms with Gasteiger partial charge in [-0.1, -0.05) is 30.3 Å². The van der Waals surface area contributed by atoms with E-state index in [2.05, 4.69) is 46.4 Å². The normalized spacial score (nSPS) is 18.1. The maximum absolute atomic E-state index is 4.91. The van der Waals surface area contributed by atoms with Crippen LogP contribution in [0.4, 0.5) is 0 Å². The molecular weight excluding hydrogens is 278 g/mol. The van der Waals surface area contributed by atoms with Crippen LogP contribution in [0.3, 0.4) is 0 Å². The summed E-state index contributed by atoms with van der Waals surface area (Å²) < 4.78 is 0. The number of H-pyrrole nitrogens is 1. The van der Waals surface area contributed by atoms with E-state index in [1.165, 1.54) is 11.1 Å². The minimum absolute atomic E-state index is 0.369. The van der Waals surface area contributed by atoms with Crippen molar-refractivity contribution in [2.24, 2.45) is 4.99 Å². The van der Waals surface area contributed by atoms with Crippen LogP contribution in [-0.4, -0.2) is 26.8 Å². The number of thioether (sulfide) groups is 1. The molecule has 104 valence electrons. The van der Waals surface area contributed by atoms with E-state index in [0.717, 1.165) is 28.3 Å². The van der Waals surface area contributed by atoms with Crippen LogP contribution in [0.25, 0.3) is 11.0 Å². The highest BCUT2D eigenvalue weighted by atomic mass is 32.2. The number of fused-ring (bicyclic) bond motifs is 1. The first-order chi connectivity index (χ1) is 10.4. The summed E-state index contributed by atoms with van der Waals surface area (Å²) >= 11 is 1.84. The third kappa shape index (κ3) is 2.47. The molecule has 3 nitrogen and oxygen atoms in total. The van der Waals surface area contributed by atoms with E-state index in [9.17, 15) is 0 Å². The fourth-order valence-electron chi connectivity index (χ4n) is 2.69. The van der Waals surface area contributed by atoms with Gasteiger partial charge in [-0.2, -0.15) is 0 Å². The molecule has 1 aliphatic rings. The summed E-state index contributed by atoms with van der Waals surface area (Å²) in [7, 11) is 0. The van der Waals surface area contributed by atoms with E-state index < -0.39 is 0 Å². The minimum Gasteiger partial charge on any atom is -0.345 e. The molecule has 3 aromatic rings. The summed E-state index contributed by atoms with van der Waals surface area (Å²) in [5.74, 6) is 1.05. The number of benzene rings is 1. The van der Waals surface area contributed by atoms with Gasteiger partial charge >= 0.3 is 0 Å². The van der Waals surface area contributed by atoms with Crippen molar-refractivity contribution in [3.05, 3.63) is 66.0 Å². The molecule has 0 amide bonds. The Kier molecular flexibility index (Phi) is 3.24. The van der Waals surface area contributed by atoms with Gasteiger partial charge in [0.15, 0.2) is 0 Å². The number of nitrogens with one attached hydrogen (secondary N) is 1. The predicted octanol–water partition coefficient (Wildman–Crippen LogP) is 3.67. The third-order valence-corrected chi connectivity index (χ3v) is 4.86. The fraction of sp³-hybridized carbons (Fsp3) is 0.176. The molecule has 0 fully saturated rings. The van der Waals surface area contributed by atoms with Gasteiger partial charge in [-0.05, 0) is 24.1 Å². The van der Waals surface area contributed by atoms with E-state index in [4.69, 9.17) is 4.99 Å². The Balaban J connectivity index is 1.60. The molecule has 1 aliphatic heterocycles. The number of pyridine rings is 1. The Morgan fingerprint density at radius 2 is 2.05 bits per heavy atom. The van der Waals surface area contributed by atoms with Crippen LogP contribution < -0.4 is 0 Å². The number of aromatic nitrogens is 2. The molecule has 1 N–H and O–H groups in total. The van der Waals surface area contributed by atoms with Crippen molar-refractivity contribution in [2.75, 3.05) is 5.75 Å². The second kappa shape index (κ2) is 5.37. The molecule has 0 saturated carbocycles. The van der Waals surface area contributed by atoms with Crippen LogP contribution in [0, 0.1) is 0 Å². The molecular formula is C17H15N3S. The zero-order valence-electron chi connectivity index (χ0n) is 11.5. The molecule has 0 aliphatic carbocycles. The van der Waals surface area contributed by atoms with Gasteiger partial charge in [0.1, 0.15) is 10.7 Å². The first kappa shape index (κ1) is 12.7. The van der Waals surface area contributed by atoms with Crippen molar-refractivity contribution in [3.8, 4) is 0 Å². The Hall–Kier alpha value is -2.07. The molecule has 0 spiro atoms. The second-order valence-electron chi connectivity index (χ2n) is 5.19. The van der Waals surface area contributed by atoms with E-state index in [-0.39, 0.29) is 0 Å². The molecule has 1 aromatic carbocycles. The number of aromatic amines is 1. The molecule has 0 radical (unpaired) electrons. The van der Waals surface area contributed by atoms with Crippen molar-refractivity contribution in [1.82, 2.24) is 9.97 Å². The van der Waals surface area contributed by atoms with Crippen LogP contribution in [0.15, 0.2) is 59.9 Å². The average Bonchev–Trinajstić information content (AvgIpc) is 3.14. The summed E-state index contributed by atoms with van der Waals surface area (Å²) in [5.41, 5.74) is 3.47. The fourth-order valence-corrected chi connectivity index (χ4v) is 3.78. The molecule has 4 rings (SSSR count). The minimum atomic E-state index is 0.369. The third-order valence-electron chi connectivity index (χ3n) is 3.71. The number of hydrogen-bond donors (Lipinski definition) is 1.